The number of anilines is 1. The van der Waals surface area contributed by atoms with Crippen LogP contribution in [0.15, 0.2) is 60.4 Å². The van der Waals surface area contributed by atoms with Crippen LogP contribution in [-0.4, -0.2) is 38.5 Å². The number of nitrogens with one attached hydrogen (secondary N) is 2. The molecular formula is C27H24FN5O5S. The Bertz CT molecular complexity index is 1500. The number of carboxylic acids is 1. The van der Waals surface area contributed by atoms with Crippen molar-refractivity contribution < 1.29 is 28.6 Å². The van der Waals surface area contributed by atoms with Gasteiger partial charge in [0.1, 0.15) is 18.2 Å². The van der Waals surface area contributed by atoms with Crippen LogP contribution in [0.1, 0.15) is 40.7 Å². The third-order valence-corrected chi connectivity index (χ3v) is 6.93. The Morgan fingerprint density at radius 1 is 1.15 bits per heavy atom. The number of aromatic carboxylic acids is 1. The molecule has 0 radical (unpaired) electrons. The number of amides is 1. The Labute approximate surface area is 226 Å². The predicted octanol–water partition coefficient (Wildman–Crippen LogP) is 4.53. The molecule has 3 heterocycles. The molecule has 2 aromatic carbocycles. The molecule has 5 rings (SSSR count). The van der Waals surface area contributed by atoms with E-state index in [2.05, 4.69) is 25.6 Å². The van der Waals surface area contributed by atoms with E-state index in [-0.39, 0.29) is 30.4 Å². The largest absolute Gasteiger partial charge is 0.482 e. The zero-order chi connectivity index (χ0) is 27.4. The third-order valence-electron chi connectivity index (χ3n) is 6.24. The number of carboxylic acid groups (broad SMARTS) is 1. The number of ether oxygens (including phenoxy) is 2. The highest BCUT2D eigenvalue weighted by Gasteiger charge is 2.35. The van der Waals surface area contributed by atoms with Crippen molar-refractivity contribution in [3.8, 4) is 17.2 Å². The highest BCUT2D eigenvalue weighted by molar-refractivity contribution is 7.13. The van der Waals surface area contributed by atoms with Crippen molar-refractivity contribution in [2.24, 2.45) is 0 Å². The quantitative estimate of drug-likeness (QED) is 0.275. The molecule has 10 nitrogen and oxygen atoms in total. The van der Waals surface area contributed by atoms with Crippen LogP contribution in [-0.2, 0) is 23.4 Å². The van der Waals surface area contributed by atoms with E-state index in [1.807, 2.05) is 13.0 Å². The monoisotopic (exact) mass is 549 g/mol. The fourth-order valence-electron chi connectivity index (χ4n) is 4.42. The topological polar surface area (TPSA) is 136 Å². The van der Waals surface area contributed by atoms with E-state index in [0.29, 0.717) is 29.7 Å². The number of thiazole rings is 1. The van der Waals surface area contributed by atoms with E-state index < -0.39 is 22.9 Å². The summed E-state index contributed by atoms with van der Waals surface area (Å²) in [7, 11) is 0. The van der Waals surface area contributed by atoms with Crippen LogP contribution in [0.3, 0.4) is 0 Å². The number of nitrogens with zero attached hydrogens (tertiary/aromatic N) is 3. The van der Waals surface area contributed by atoms with Crippen LogP contribution in [0.4, 0.5) is 9.52 Å². The van der Waals surface area contributed by atoms with E-state index in [0.717, 1.165) is 23.3 Å². The minimum absolute atomic E-state index is 0.0635. The lowest BCUT2D eigenvalue weighted by Gasteiger charge is -2.37. The number of rotatable bonds is 9. The summed E-state index contributed by atoms with van der Waals surface area (Å²) in [4.78, 5) is 36.6. The van der Waals surface area contributed by atoms with Crippen molar-refractivity contribution in [2.45, 2.75) is 31.9 Å². The zero-order valence-electron chi connectivity index (χ0n) is 20.8. The van der Waals surface area contributed by atoms with Gasteiger partial charge in [-0.2, -0.15) is 0 Å². The van der Waals surface area contributed by atoms with Crippen molar-refractivity contribution in [2.75, 3.05) is 11.9 Å². The van der Waals surface area contributed by atoms with Gasteiger partial charge in [-0.15, -0.1) is 11.3 Å². The summed E-state index contributed by atoms with van der Waals surface area (Å²) in [6, 6.07) is 8.82. The average molecular weight is 550 g/mol. The molecule has 1 aliphatic heterocycles. The molecule has 4 aromatic rings. The second-order valence-electron chi connectivity index (χ2n) is 9.03. The van der Waals surface area contributed by atoms with Crippen molar-refractivity contribution in [3.05, 3.63) is 88.7 Å². The summed E-state index contributed by atoms with van der Waals surface area (Å²) in [6.45, 7) is 2.63. The van der Waals surface area contributed by atoms with Gasteiger partial charge >= 0.3 is 5.97 Å². The lowest BCUT2D eigenvalue weighted by Crippen LogP contribution is -2.47. The number of carbonyl (C=O) groups is 2. The third kappa shape index (κ3) is 6.02. The van der Waals surface area contributed by atoms with E-state index in [9.17, 15) is 14.0 Å². The molecule has 0 saturated heterocycles. The highest BCUT2D eigenvalue weighted by Crippen LogP contribution is 2.41. The molecule has 0 bridgehead atoms. The normalized spacial score (nSPS) is 16.3. The first kappa shape index (κ1) is 26.2. The Hall–Kier alpha value is -4.42. The van der Waals surface area contributed by atoms with Crippen molar-refractivity contribution in [3.63, 3.8) is 0 Å². The van der Waals surface area contributed by atoms with E-state index in [1.165, 1.54) is 17.4 Å². The van der Waals surface area contributed by atoms with E-state index in [4.69, 9.17) is 14.6 Å². The van der Waals surface area contributed by atoms with E-state index >= 15 is 0 Å². The van der Waals surface area contributed by atoms with Gasteiger partial charge in [0.2, 0.25) is 5.91 Å². The number of halogens is 1. The number of aromatic nitrogens is 3. The summed E-state index contributed by atoms with van der Waals surface area (Å²) in [6.07, 6.45) is 5.64. The lowest BCUT2D eigenvalue weighted by molar-refractivity contribution is -0.117. The smallest absolute Gasteiger partial charge is 0.338 e. The van der Waals surface area contributed by atoms with Gasteiger partial charge in [-0.25, -0.2) is 24.1 Å². The maximum atomic E-state index is 14.4. The van der Waals surface area contributed by atoms with Gasteiger partial charge in [0.25, 0.3) is 0 Å². The first-order valence-corrected chi connectivity index (χ1v) is 12.9. The van der Waals surface area contributed by atoms with Crippen molar-refractivity contribution >= 4 is 28.3 Å². The molecule has 0 spiro atoms. The number of fused-ring (bicyclic) bond motifs is 1. The fourth-order valence-corrected chi connectivity index (χ4v) is 4.96. The van der Waals surface area contributed by atoms with Crippen molar-refractivity contribution in [1.29, 1.82) is 0 Å². The first-order chi connectivity index (χ1) is 18.8. The Kier molecular flexibility index (Phi) is 7.48. The lowest BCUT2D eigenvalue weighted by atomic mass is 9.81. The van der Waals surface area contributed by atoms with Gasteiger partial charge in [-0.05, 0) is 54.8 Å². The molecule has 39 heavy (non-hydrogen) atoms. The molecular weight excluding hydrogens is 525 g/mol. The number of hydrogen-bond donors (Lipinski definition) is 3. The maximum Gasteiger partial charge on any atom is 0.338 e. The van der Waals surface area contributed by atoms with Crippen LogP contribution in [0, 0.1) is 5.82 Å². The van der Waals surface area contributed by atoms with Gasteiger partial charge in [0.05, 0.1) is 5.56 Å². The summed E-state index contributed by atoms with van der Waals surface area (Å²) in [5, 5.41) is 17.7. The first-order valence-electron chi connectivity index (χ1n) is 12.0. The Morgan fingerprint density at radius 3 is 2.69 bits per heavy atom. The van der Waals surface area contributed by atoms with Gasteiger partial charge in [-0.3, -0.25) is 4.79 Å². The minimum Gasteiger partial charge on any atom is -0.482 e. The van der Waals surface area contributed by atoms with Gasteiger partial charge in [0, 0.05) is 48.5 Å². The standard InChI is InChI=1S/C27H24FN5O5S/c1-27(14-24(34)33-26-31-9-10-39-26)19-13-22(38-17-3-4-18(25(35)36)20(28)12-17)21(11-16(19)5-8-32-27)37-15-23-29-6-2-7-30-23/h2-4,6-7,9-13,32H,5,8,14-15H2,1H3,(H,35,36)(H,31,33,34). The van der Waals surface area contributed by atoms with Crippen LogP contribution in [0.25, 0.3) is 0 Å². The molecule has 1 aliphatic rings. The van der Waals surface area contributed by atoms with Gasteiger partial charge in [0.15, 0.2) is 22.5 Å². The van der Waals surface area contributed by atoms with Gasteiger partial charge in [-0.1, -0.05) is 0 Å². The summed E-state index contributed by atoms with van der Waals surface area (Å²) < 4.78 is 26.5. The number of hydrogen-bond acceptors (Lipinski definition) is 9. The van der Waals surface area contributed by atoms with Crippen LogP contribution < -0.4 is 20.1 Å². The molecule has 1 unspecified atom stereocenters. The molecule has 3 N–H and O–H groups in total. The molecule has 1 amide bonds. The average Bonchev–Trinajstić information content (AvgIpc) is 3.41. The summed E-state index contributed by atoms with van der Waals surface area (Å²) >= 11 is 1.33. The zero-order valence-corrected chi connectivity index (χ0v) is 21.6. The van der Waals surface area contributed by atoms with Crippen molar-refractivity contribution in [1.82, 2.24) is 20.3 Å². The maximum absolute atomic E-state index is 14.4. The SMILES string of the molecule is CC1(CC(=O)Nc2nccs2)NCCc2cc(OCc3ncccn3)c(Oc3ccc(C(=O)O)c(F)c3)cc21. The summed E-state index contributed by atoms with van der Waals surface area (Å²) in [5.41, 5.74) is 0.575. The minimum atomic E-state index is -1.38. The Balaban J connectivity index is 1.48. The molecule has 0 saturated carbocycles. The molecule has 200 valence electrons. The number of benzene rings is 2. The molecule has 2 aromatic heterocycles. The molecule has 0 fully saturated rings. The van der Waals surface area contributed by atoms with E-state index in [1.54, 1.807) is 36.1 Å². The molecule has 0 aliphatic carbocycles. The fraction of sp³-hybridized carbons (Fsp3) is 0.222. The molecule has 1 atom stereocenters. The second kappa shape index (κ2) is 11.1. The van der Waals surface area contributed by atoms with Crippen LogP contribution in [0.2, 0.25) is 0 Å². The highest BCUT2D eigenvalue weighted by atomic mass is 32.1. The summed E-state index contributed by atoms with van der Waals surface area (Å²) in [5.74, 6) is -1.32. The van der Waals surface area contributed by atoms with Gasteiger partial charge < -0.3 is 25.2 Å². The number of carbonyl (C=O) groups excluding carboxylic acids is 1. The van der Waals surface area contributed by atoms with Crippen LogP contribution >= 0.6 is 11.3 Å². The molecule has 12 heteroatoms. The predicted molar refractivity (Wildman–Crippen MR) is 141 cm³/mol. The van der Waals surface area contributed by atoms with Crippen LogP contribution in [0.5, 0.6) is 17.2 Å². The Morgan fingerprint density at radius 2 is 1.97 bits per heavy atom. The second-order valence-corrected chi connectivity index (χ2v) is 9.92.